The summed E-state index contributed by atoms with van der Waals surface area (Å²) >= 11 is 1.54. The minimum atomic E-state index is -3.66. The molecular weight excluding hydrogens is 342 g/mol. The zero-order chi connectivity index (χ0) is 16.9. The summed E-state index contributed by atoms with van der Waals surface area (Å²) in [6, 6.07) is 9.02. The second-order valence-electron chi connectivity index (χ2n) is 6.20. The van der Waals surface area contributed by atoms with E-state index in [0.717, 1.165) is 24.8 Å². The van der Waals surface area contributed by atoms with E-state index in [4.69, 9.17) is 0 Å². The lowest BCUT2D eigenvalue weighted by atomic mass is 9.88. The van der Waals surface area contributed by atoms with E-state index in [9.17, 15) is 13.7 Å². The molecule has 0 radical (unpaired) electrons. The van der Waals surface area contributed by atoms with Gasteiger partial charge in [0.15, 0.2) is 5.84 Å². The maximum Gasteiger partial charge on any atom is 0.285 e. The van der Waals surface area contributed by atoms with Gasteiger partial charge in [0.05, 0.1) is 5.56 Å². The Kier molecular flexibility index (Phi) is 3.48. The molecule has 24 heavy (non-hydrogen) atoms. The highest BCUT2D eigenvalue weighted by Crippen LogP contribution is 2.40. The smallest absolute Gasteiger partial charge is 0.285 e. The molecule has 4 rings (SSSR count). The summed E-state index contributed by atoms with van der Waals surface area (Å²) in [5.41, 5.74) is 2.30. The third kappa shape index (κ3) is 2.34. The first kappa shape index (κ1) is 15.4. The summed E-state index contributed by atoms with van der Waals surface area (Å²) in [6.45, 7) is 2.21. The Hall–Kier alpha value is -2.17. The fraction of sp³-hybridized carbons (Fsp3) is 0.294. The van der Waals surface area contributed by atoms with Gasteiger partial charge in [-0.25, -0.2) is 0 Å². The number of hydrogen-bond acceptors (Lipinski definition) is 5. The molecule has 1 atom stereocenters. The Bertz CT molecular complexity index is 1010. The van der Waals surface area contributed by atoms with Gasteiger partial charge >= 0.3 is 0 Å². The monoisotopic (exact) mass is 357 g/mol. The van der Waals surface area contributed by atoms with E-state index in [1.165, 1.54) is 4.88 Å². The molecule has 5 nitrogen and oxygen atoms in total. The molecule has 1 aliphatic carbocycles. The molecule has 0 saturated heterocycles. The summed E-state index contributed by atoms with van der Waals surface area (Å²) in [5.74, 6) is 0.911. The number of amidine groups is 1. The Morgan fingerprint density at radius 3 is 2.96 bits per heavy atom. The number of hydrogen-bond donors (Lipinski definition) is 1. The van der Waals surface area contributed by atoms with Crippen LogP contribution < -0.4 is 5.32 Å². The third-order valence-electron chi connectivity index (χ3n) is 4.49. The van der Waals surface area contributed by atoms with Gasteiger partial charge in [-0.3, -0.25) is 0 Å². The van der Waals surface area contributed by atoms with Gasteiger partial charge < -0.3 is 5.32 Å². The highest BCUT2D eigenvalue weighted by atomic mass is 32.2. The fourth-order valence-electron chi connectivity index (χ4n) is 3.26. The Balaban J connectivity index is 1.77. The van der Waals surface area contributed by atoms with Crippen LogP contribution in [0, 0.1) is 17.2 Å². The number of fused-ring (bicyclic) bond motifs is 2. The van der Waals surface area contributed by atoms with Gasteiger partial charge in [0, 0.05) is 10.4 Å². The van der Waals surface area contributed by atoms with Gasteiger partial charge in [0.1, 0.15) is 16.0 Å². The second-order valence-corrected chi connectivity index (χ2v) is 8.88. The molecular formula is C17H15N3O2S2. The topological polar surface area (TPSA) is 82.3 Å². The highest BCUT2D eigenvalue weighted by molar-refractivity contribution is 7.90. The Labute approximate surface area is 144 Å². The van der Waals surface area contributed by atoms with Gasteiger partial charge in [0.25, 0.3) is 10.0 Å². The molecule has 2 heterocycles. The lowest BCUT2D eigenvalue weighted by Crippen LogP contribution is -2.11. The van der Waals surface area contributed by atoms with Crippen molar-refractivity contribution < 1.29 is 8.42 Å². The third-order valence-corrected chi connectivity index (χ3v) is 6.99. The van der Waals surface area contributed by atoms with Crippen molar-refractivity contribution in [1.82, 2.24) is 0 Å². The lowest BCUT2D eigenvalue weighted by molar-refractivity contribution is 0.507. The van der Waals surface area contributed by atoms with Crippen molar-refractivity contribution in [3.8, 4) is 6.07 Å². The summed E-state index contributed by atoms with van der Waals surface area (Å²) in [5, 5.41) is 13.4. The molecule has 1 aliphatic heterocycles. The van der Waals surface area contributed by atoms with Gasteiger partial charge in [-0.2, -0.15) is 13.7 Å². The number of nitrogens with zero attached hydrogens (tertiary/aromatic N) is 2. The van der Waals surface area contributed by atoms with E-state index in [1.807, 2.05) is 0 Å². The van der Waals surface area contributed by atoms with Crippen molar-refractivity contribution in [3.63, 3.8) is 0 Å². The normalized spacial score (nSPS) is 20.7. The van der Waals surface area contributed by atoms with Gasteiger partial charge in [-0.15, -0.1) is 15.7 Å². The van der Waals surface area contributed by atoms with Crippen LogP contribution in [0.3, 0.4) is 0 Å². The van der Waals surface area contributed by atoms with Gasteiger partial charge in [-0.05, 0) is 42.9 Å². The summed E-state index contributed by atoms with van der Waals surface area (Å²) in [7, 11) is -3.66. The molecule has 1 N–H and O–H groups in total. The molecule has 122 valence electrons. The molecule has 0 spiro atoms. The molecule has 0 amide bonds. The summed E-state index contributed by atoms with van der Waals surface area (Å²) in [6.07, 6.45) is 2.95. The molecule has 7 heteroatoms. The van der Waals surface area contributed by atoms with Crippen LogP contribution in [-0.4, -0.2) is 14.3 Å². The maximum atomic E-state index is 12.2. The number of nitrogens with one attached hydrogen (secondary N) is 1. The molecule has 2 aromatic rings. The van der Waals surface area contributed by atoms with Crippen molar-refractivity contribution in [2.75, 3.05) is 5.32 Å². The van der Waals surface area contributed by atoms with Crippen LogP contribution in [0.25, 0.3) is 0 Å². The quantitative estimate of drug-likeness (QED) is 0.849. The minimum absolute atomic E-state index is 0.209. The van der Waals surface area contributed by atoms with Crippen LogP contribution in [0.5, 0.6) is 0 Å². The van der Waals surface area contributed by atoms with Crippen LogP contribution >= 0.6 is 11.3 Å². The Morgan fingerprint density at radius 1 is 1.38 bits per heavy atom. The van der Waals surface area contributed by atoms with E-state index in [1.54, 1.807) is 35.6 Å². The second kappa shape index (κ2) is 5.43. The van der Waals surface area contributed by atoms with Crippen molar-refractivity contribution >= 4 is 32.2 Å². The first-order chi connectivity index (χ1) is 11.5. The molecule has 2 aliphatic rings. The average Bonchev–Trinajstić information content (AvgIpc) is 3.02. The van der Waals surface area contributed by atoms with Crippen LogP contribution in [0.2, 0.25) is 0 Å². The highest BCUT2D eigenvalue weighted by Gasteiger charge is 2.30. The van der Waals surface area contributed by atoms with Crippen LogP contribution in [-0.2, 0) is 22.9 Å². The van der Waals surface area contributed by atoms with E-state index in [2.05, 4.69) is 22.7 Å². The average molecular weight is 357 g/mol. The zero-order valence-electron chi connectivity index (χ0n) is 13.0. The van der Waals surface area contributed by atoms with Gasteiger partial charge in [0.2, 0.25) is 0 Å². The number of rotatable bonds is 1. The summed E-state index contributed by atoms with van der Waals surface area (Å²) < 4.78 is 28.2. The van der Waals surface area contributed by atoms with Crippen LogP contribution in [0.4, 0.5) is 5.00 Å². The molecule has 0 fully saturated rings. The molecule has 1 aromatic heterocycles. The van der Waals surface area contributed by atoms with Gasteiger partial charge in [-0.1, -0.05) is 19.1 Å². The number of sulfonamides is 1. The number of benzene rings is 1. The molecule has 1 aromatic carbocycles. The lowest BCUT2D eigenvalue weighted by Gasteiger charge is -2.17. The molecule has 0 saturated carbocycles. The fourth-order valence-corrected chi connectivity index (χ4v) is 5.80. The SMILES string of the molecule is C[C@H]1CCc2c(sc(NC3=NS(=O)(=O)c4ccccc43)c2C#N)C1. The van der Waals surface area contributed by atoms with Crippen molar-refractivity contribution in [3.05, 3.63) is 45.8 Å². The maximum absolute atomic E-state index is 12.2. The molecule has 0 bridgehead atoms. The predicted molar refractivity (Wildman–Crippen MR) is 94.0 cm³/mol. The predicted octanol–water partition coefficient (Wildman–Crippen LogP) is 3.31. The zero-order valence-corrected chi connectivity index (χ0v) is 14.7. The Morgan fingerprint density at radius 2 is 2.17 bits per heavy atom. The first-order valence-corrected chi connectivity index (χ1v) is 10.0. The number of nitriles is 1. The number of anilines is 1. The number of thiophene rings is 1. The minimum Gasteiger partial charge on any atom is -0.330 e. The van der Waals surface area contributed by atoms with Crippen molar-refractivity contribution in [2.24, 2.45) is 10.3 Å². The van der Waals surface area contributed by atoms with E-state index in [-0.39, 0.29) is 4.90 Å². The first-order valence-electron chi connectivity index (χ1n) is 7.75. The molecule has 0 unspecified atom stereocenters. The van der Waals surface area contributed by atoms with E-state index >= 15 is 0 Å². The van der Waals surface area contributed by atoms with E-state index < -0.39 is 10.0 Å². The largest absolute Gasteiger partial charge is 0.330 e. The van der Waals surface area contributed by atoms with E-state index in [0.29, 0.717) is 27.9 Å². The summed E-state index contributed by atoms with van der Waals surface area (Å²) in [4.78, 5) is 1.43. The van der Waals surface area contributed by atoms with Crippen molar-refractivity contribution in [2.45, 2.75) is 31.1 Å². The van der Waals surface area contributed by atoms with Crippen molar-refractivity contribution in [1.29, 1.82) is 5.26 Å². The van der Waals surface area contributed by atoms with Crippen LogP contribution in [0.15, 0.2) is 33.6 Å². The standard InChI is InChI=1S/C17H15N3O2S2/c1-10-6-7-11-13(9-18)17(23-14(11)8-10)19-16-12-4-2-3-5-15(12)24(21,22)20-16/h2-5,10H,6-8H2,1H3,(H,19,20)/t10-/m0/s1. The van der Waals surface area contributed by atoms with Crippen LogP contribution in [0.1, 0.15) is 34.9 Å².